The van der Waals surface area contributed by atoms with Gasteiger partial charge in [-0.25, -0.2) is 9.59 Å². The van der Waals surface area contributed by atoms with Gasteiger partial charge >= 0.3 is 12.1 Å². The molecule has 0 saturated carbocycles. The zero-order valence-electron chi connectivity index (χ0n) is 22.0. The fourth-order valence-corrected chi connectivity index (χ4v) is 5.56. The van der Waals surface area contributed by atoms with Crippen molar-refractivity contribution >= 4 is 46.9 Å². The Morgan fingerprint density at radius 3 is 1.98 bits per heavy atom. The summed E-state index contributed by atoms with van der Waals surface area (Å²) in [7, 11) is 1.26. The Labute approximate surface area is 247 Å². The monoisotopic (exact) mass is 588 g/mol. The molecule has 41 heavy (non-hydrogen) atoms. The molecule has 1 unspecified atom stereocenters. The molecule has 1 aliphatic carbocycles. The number of methoxy groups -OCH3 is 1. The molecule has 1 aliphatic rings. The molecule has 0 bridgehead atoms. The topological polar surface area (TPSA) is 93.7 Å². The number of alkyl carbamates (subject to hydrolysis) is 1. The van der Waals surface area contributed by atoms with Crippen LogP contribution in [-0.2, 0) is 20.7 Å². The number of benzene rings is 4. The van der Waals surface area contributed by atoms with Crippen molar-refractivity contribution in [1.29, 1.82) is 0 Å². The van der Waals surface area contributed by atoms with Gasteiger partial charge < -0.3 is 20.1 Å². The molecule has 7 nitrogen and oxygen atoms in total. The number of amides is 2. The van der Waals surface area contributed by atoms with Crippen molar-refractivity contribution in [2.24, 2.45) is 0 Å². The van der Waals surface area contributed by atoms with E-state index in [0.29, 0.717) is 5.69 Å². The first-order valence-corrected chi connectivity index (χ1v) is 13.6. The lowest BCUT2D eigenvalue weighted by Gasteiger charge is -2.19. The van der Waals surface area contributed by atoms with Gasteiger partial charge in [0.15, 0.2) is 0 Å². The van der Waals surface area contributed by atoms with E-state index in [2.05, 4.69) is 22.8 Å². The Balaban J connectivity index is 1.21. The molecule has 0 radical (unpaired) electrons. The van der Waals surface area contributed by atoms with E-state index in [1.807, 2.05) is 36.4 Å². The lowest BCUT2D eigenvalue weighted by Crippen LogP contribution is -2.43. The van der Waals surface area contributed by atoms with Crippen LogP contribution in [0.25, 0.3) is 11.1 Å². The Bertz CT molecular complexity index is 1540. The van der Waals surface area contributed by atoms with Gasteiger partial charge in [-0.05, 0) is 52.1 Å². The number of anilines is 1. The number of nitrogens with one attached hydrogen (secondary N) is 2. The number of carbonyl (C=O) groups excluding carboxylic acids is 3. The maximum absolute atomic E-state index is 12.8. The quantitative estimate of drug-likeness (QED) is 0.219. The lowest BCUT2D eigenvalue weighted by atomic mass is 9.98. The van der Waals surface area contributed by atoms with E-state index < -0.39 is 24.0 Å². The van der Waals surface area contributed by atoms with E-state index in [0.717, 1.165) is 27.8 Å². The number of halogens is 2. The van der Waals surface area contributed by atoms with Gasteiger partial charge in [0.05, 0.1) is 22.7 Å². The highest BCUT2D eigenvalue weighted by Gasteiger charge is 2.30. The average Bonchev–Trinajstić information content (AvgIpc) is 3.30. The molecule has 1 atom stereocenters. The molecule has 0 saturated heterocycles. The summed E-state index contributed by atoms with van der Waals surface area (Å²) in [5.74, 6) is -1.16. The van der Waals surface area contributed by atoms with Crippen LogP contribution in [0.3, 0.4) is 0 Å². The number of fused-ring (bicyclic) bond motifs is 3. The first kappa shape index (κ1) is 28.2. The molecule has 9 heteroatoms. The summed E-state index contributed by atoms with van der Waals surface area (Å²) < 4.78 is 10.5. The van der Waals surface area contributed by atoms with Gasteiger partial charge in [-0.15, -0.1) is 0 Å². The second kappa shape index (κ2) is 12.5. The van der Waals surface area contributed by atoms with Gasteiger partial charge in [0, 0.05) is 18.0 Å². The van der Waals surface area contributed by atoms with Crippen LogP contribution in [0.1, 0.15) is 33.0 Å². The van der Waals surface area contributed by atoms with Crippen LogP contribution < -0.4 is 10.6 Å². The van der Waals surface area contributed by atoms with Crippen LogP contribution in [0, 0.1) is 0 Å². The van der Waals surface area contributed by atoms with Gasteiger partial charge in [-0.1, -0.05) is 89.9 Å². The number of carbonyl (C=O) groups is 3. The summed E-state index contributed by atoms with van der Waals surface area (Å²) in [5, 5.41) is 5.87. The van der Waals surface area contributed by atoms with Crippen molar-refractivity contribution in [3.05, 3.63) is 123 Å². The Morgan fingerprint density at radius 1 is 0.805 bits per heavy atom. The molecule has 4 aromatic rings. The first-order valence-electron chi connectivity index (χ1n) is 12.9. The maximum atomic E-state index is 12.8. The number of hydrogen-bond donors (Lipinski definition) is 2. The standard InChI is InChI=1S/C32H26Cl2N2O5/c1-40-31(38)28(17-19-13-15-20(16-14-19)35-30(37)29-26(33)11-6-12-27(29)34)36-32(39)41-18-25-23-9-4-2-7-21(23)22-8-3-5-10-24(22)25/h2-16,25,28H,17-18H2,1H3,(H,35,37)(H,36,39). The highest BCUT2D eigenvalue weighted by atomic mass is 35.5. The van der Waals surface area contributed by atoms with Crippen LogP contribution in [0.15, 0.2) is 91.0 Å². The van der Waals surface area contributed by atoms with E-state index >= 15 is 0 Å². The Morgan fingerprint density at radius 2 is 1.39 bits per heavy atom. The molecule has 0 spiro atoms. The molecule has 0 aromatic heterocycles. The van der Waals surface area contributed by atoms with E-state index in [4.69, 9.17) is 32.7 Å². The van der Waals surface area contributed by atoms with E-state index in [9.17, 15) is 14.4 Å². The minimum atomic E-state index is -0.974. The summed E-state index contributed by atoms with van der Waals surface area (Å²) in [6.07, 6.45) is -0.565. The summed E-state index contributed by atoms with van der Waals surface area (Å²) in [6.45, 7) is 0.123. The van der Waals surface area contributed by atoms with Crippen molar-refractivity contribution in [1.82, 2.24) is 5.32 Å². The average molecular weight is 589 g/mol. The van der Waals surface area contributed by atoms with Gasteiger partial charge in [0.2, 0.25) is 0 Å². The zero-order chi connectivity index (χ0) is 28.9. The third-order valence-corrected chi connectivity index (χ3v) is 7.59. The van der Waals surface area contributed by atoms with E-state index in [-0.39, 0.29) is 34.6 Å². The lowest BCUT2D eigenvalue weighted by molar-refractivity contribution is -0.143. The Kier molecular flexibility index (Phi) is 8.57. The van der Waals surface area contributed by atoms with Gasteiger partial charge in [-0.2, -0.15) is 0 Å². The van der Waals surface area contributed by atoms with E-state index in [1.165, 1.54) is 7.11 Å². The Hall–Kier alpha value is -4.33. The van der Waals surface area contributed by atoms with Crippen molar-refractivity contribution < 1.29 is 23.9 Å². The van der Waals surface area contributed by atoms with Crippen LogP contribution in [0.4, 0.5) is 10.5 Å². The molecule has 2 amide bonds. The fraction of sp³-hybridized carbons (Fsp3) is 0.156. The smallest absolute Gasteiger partial charge is 0.407 e. The second-order valence-corrected chi connectivity index (χ2v) is 10.3. The largest absolute Gasteiger partial charge is 0.467 e. The predicted octanol–water partition coefficient (Wildman–Crippen LogP) is 6.87. The van der Waals surface area contributed by atoms with E-state index in [1.54, 1.807) is 42.5 Å². The normalized spacial score (nSPS) is 12.6. The molecule has 4 aromatic carbocycles. The highest BCUT2D eigenvalue weighted by Crippen LogP contribution is 2.44. The molecule has 0 aliphatic heterocycles. The fourth-order valence-electron chi connectivity index (χ4n) is 4.99. The number of rotatable bonds is 8. The predicted molar refractivity (Wildman–Crippen MR) is 159 cm³/mol. The van der Waals surface area contributed by atoms with Crippen LogP contribution in [-0.4, -0.2) is 37.7 Å². The second-order valence-electron chi connectivity index (χ2n) is 9.50. The molecule has 0 fully saturated rings. The van der Waals surface area contributed by atoms with Crippen LogP contribution in [0.2, 0.25) is 10.0 Å². The molecular weight excluding hydrogens is 563 g/mol. The van der Waals surface area contributed by atoms with Crippen molar-refractivity contribution in [2.45, 2.75) is 18.4 Å². The number of esters is 1. The summed E-state index contributed by atoms with van der Waals surface area (Å²) in [6, 6.07) is 26.8. The minimum absolute atomic E-state index is 0.104. The third kappa shape index (κ3) is 6.21. The van der Waals surface area contributed by atoms with Crippen molar-refractivity contribution in [2.75, 3.05) is 19.0 Å². The maximum Gasteiger partial charge on any atom is 0.407 e. The summed E-state index contributed by atoms with van der Waals surface area (Å²) in [5.41, 5.74) is 5.85. The number of ether oxygens (including phenoxy) is 2. The first-order chi connectivity index (χ1) is 19.9. The van der Waals surface area contributed by atoms with Crippen LogP contribution in [0.5, 0.6) is 0 Å². The number of hydrogen-bond acceptors (Lipinski definition) is 5. The zero-order valence-corrected chi connectivity index (χ0v) is 23.5. The molecule has 5 rings (SSSR count). The molecule has 2 N–H and O–H groups in total. The van der Waals surface area contributed by atoms with Gasteiger partial charge in [0.25, 0.3) is 5.91 Å². The van der Waals surface area contributed by atoms with Gasteiger partial charge in [0.1, 0.15) is 12.6 Å². The summed E-state index contributed by atoms with van der Waals surface area (Å²) in [4.78, 5) is 38.0. The highest BCUT2D eigenvalue weighted by molar-refractivity contribution is 6.40. The van der Waals surface area contributed by atoms with Crippen molar-refractivity contribution in [3.63, 3.8) is 0 Å². The van der Waals surface area contributed by atoms with Crippen LogP contribution >= 0.6 is 23.2 Å². The minimum Gasteiger partial charge on any atom is -0.467 e. The molecular formula is C32H26Cl2N2O5. The molecule has 208 valence electrons. The third-order valence-electron chi connectivity index (χ3n) is 6.96. The SMILES string of the molecule is COC(=O)C(Cc1ccc(NC(=O)c2c(Cl)cccc2Cl)cc1)NC(=O)OCC1c2ccccc2-c2ccccc21. The molecule has 0 heterocycles. The summed E-state index contributed by atoms with van der Waals surface area (Å²) >= 11 is 12.3. The van der Waals surface area contributed by atoms with Gasteiger partial charge in [-0.3, -0.25) is 4.79 Å². The van der Waals surface area contributed by atoms with Crippen molar-refractivity contribution in [3.8, 4) is 11.1 Å².